The summed E-state index contributed by atoms with van der Waals surface area (Å²) < 4.78 is 1.80. The molecule has 0 unspecified atom stereocenters. The molecule has 148 valence electrons. The summed E-state index contributed by atoms with van der Waals surface area (Å²) in [5, 5.41) is 10.0. The minimum absolute atomic E-state index is 0.174. The predicted octanol–water partition coefficient (Wildman–Crippen LogP) is 3.73. The van der Waals surface area contributed by atoms with Crippen LogP contribution in [0.5, 0.6) is 0 Å². The Morgan fingerprint density at radius 1 is 1.13 bits per heavy atom. The van der Waals surface area contributed by atoms with Gasteiger partial charge in [-0.05, 0) is 54.1 Å². The molecule has 0 spiro atoms. The SMILES string of the molecule is CN(C)c1ccc(C=c2sc3c(C#N)cc(C(=O)c4ccc(Cl)cc4)n3c2=O)cc1. The summed E-state index contributed by atoms with van der Waals surface area (Å²) in [6.07, 6.45) is 1.77. The van der Waals surface area contributed by atoms with E-state index in [-0.39, 0.29) is 17.0 Å². The van der Waals surface area contributed by atoms with Crippen molar-refractivity contribution in [3.05, 3.63) is 96.9 Å². The quantitative estimate of drug-likeness (QED) is 0.460. The van der Waals surface area contributed by atoms with Crippen LogP contribution in [-0.4, -0.2) is 24.3 Å². The Morgan fingerprint density at radius 2 is 1.80 bits per heavy atom. The van der Waals surface area contributed by atoms with Crippen molar-refractivity contribution in [2.75, 3.05) is 19.0 Å². The van der Waals surface area contributed by atoms with Crippen molar-refractivity contribution in [3.63, 3.8) is 0 Å². The molecule has 30 heavy (non-hydrogen) atoms. The van der Waals surface area contributed by atoms with Crippen molar-refractivity contribution < 1.29 is 4.79 Å². The Balaban J connectivity index is 1.86. The number of carbonyl (C=O) groups excluding carboxylic acids is 1. The van der Waals surface area contributed by atoms with Crippen molar-refractivity contribution in [3.8, 4) is 6.07 Å². The van der Waals surface area contributed by atoms with Gasteiger partial charge in [-0.3, -0.25) is 14.0 Å². The van der Waals surface area contributed by atoms with Crippen LogP contribution in [-0.2, 0) is 0 Å². The summed E-state index contributed by atoms with van der Waals surface area (Å²) in [5.74, 6) is -0.333. The second-order valence-electron chi connectivity index (χ2n) is 6.93. The third-order valence-electron chi connectivity index (χ3n) is 4.74. The van der Waals surface area contributed by atoms with Crippen molar-refractivity contribution in [2.24, 2.45) is 0 Å². The second kappa shape index (κ2) is 7.79. The number of hydrogen-bond acceptors (Lipinski definition) is 5. The first-order chi connectivity index (χ1) is 14.4. The highest BCUT2D eigenvalue weighted by Gasteiger charge is 2.21. The van der Waals surface area contributed by atoms with Crippen LogP contribution in [0.1, 0.15) is 27.2 Å². The van der Waals surface area contributed by atoms with Crippen molar-refractivity contribution >= 4 is 45.3 Å². The van der Waals surface area contributed by atoms with Gasteiger partial charge in [0, 0.05) is 30.4 Å². The number of carbonyl (C=O) groups is 1. The number of thiazole rings is 1. The molecule has 2 aromatic carbocycles. The van der Waals surface area contributed by atoms with E-state index in [0.29, 0.717) is 25.5 Å². The lowest BCUT2D eigenvalue weighted by Crippen LogP contribution is -2.25. The zero-order chi connectivity index (χ0) is 21.4. The molecule has 4 rings (SSSR count). The fraction of sp³-hybridized carbons (Fsp3) is 0.0870. The second-order valence-corrected chi connectivity index (χ2v) is 8.40. The molecule has 0 bridgehead atoms. The number of nitriles is 1. The van der Waals surface area contributed by atoms with E-state index in [2.05, 4.69) is 6.07 Å². The third kappa shape index (κ3) is 3.50. The number of ketones is 1. The van der Waals surface area contributed by atoms with Gasteiger partial charge in [0.2, 0.25) is 5.78 Å². The Bertz CT molecular complexity index is 1410. The number of nitrogens with zero attached hydrogens (tertiary/aromatic N) is 3. The molecule has 0 fully saturated rings. The highest BCUT2D eigenvalue weighted by atomic mass is 35.5. The summed E-state index contributed by atoms with van der Waals surface area (Å²) in [4.78, 5) is 28.6. The first kappa shape index (κ1) is 19.9. The van der Waals surface area contributed by atoms with Crippen LogP contribution < -0.4 is 15.0 Å². The van der Waals surface area contributed by atoms with Gasteiger partial charge in [0.25, 0.3) is 5.56 Å². The Kier molecular flexibility index (Phi) is 5.17. The summed E-state index contributed by atoms with van der Waals surface area (Å²) >= 11 is 7.11. The Morgan fingerprint density at radius 3 is 2.40 bits per heavy atom. The van der Waals surface area contributed by atoms with Crippen molar-refractivity contribution in [2.45, 2.75) is 0 Å². The van der Waals surface area contributed by atoms with Gasteiger partial charge >= 0.3 is 0 Å². The monoisotopic (exact) mass is 433 g/mol. The molecule has 0 N–H and O–H groups in total. The average molecular weight is 434 g/mol. The van der Waals surface area contributed by atoms with E-state index in [4.69, 9.17) is 11.6 Å². The molecule has 0 aliphatic carbocycles. The zero-order valence-corrected chi connectivity index (χ0v) is 17.8. The lowest BCUT2D eigenvalue weighted by molar-refractivity contribution is 0.103. The smallest absolute Gasteiger partial charge is 0.273 e. The number of aromatic nitrogens is 1. The maximum atomic E-state index is 13.1. The van der Waals surface area contributed by atoms with Crippen LogP contribution in [0.4, 0.5) is 5.69 Å². The lowest BCUT2D eigenvalue weighted by atomic mass is 10.1. The van der Waals surface area contributed by atoms with Crippen LogP contribution >= 0.6 is 22.9 Å². The van der Waals surface area contributed by atoms with E-state index in [1.807, 2.05) is 43.3 Å². The number of fused-ring (bicyclic) bond motifs is 1. The van der Waals surface area contributed by atoms with Crippen LogP contribution in [0.2, 0.25) is 5.02 Å². The van der Waals surface area contributed by atoms with Crippen LogP contribution in [0.25, 0.3) is 10.9 Å². The standard InChI is InChI=1S/C23H16ClN3O2S/c1-26(2)18-9-3-14(4-10-18)11-20-22(29)27-19(12-16(13-25)23(27)30-20)21(28)15-5-7-17(24)8-6-15/h3-12H,1-2H3. The molecule has 0 saturated carbocycles. The lowest BCUT2D eigenvalue weighted by Gasteiger charge is -2.11. The van der Waals surface area contributed by atoms with Gasteiger partial charge in [0.05, 0.1) is 15.8 Å². The highest BCUT2D eigenvalue weighted by Crippen LogP contribution is 2.21. The van der Waals surface area contributed by atoms with Gasteiger partial charge in [0.15, 0.2) is 0 Å². The molecular weight excluding hydrogens is 418 g/mol. The van der Waals surface area contributed by atoms with Crippen molar-refractivity contribution in [1.82, 2.24) is 4.40 Å². The summed E-state index contributed by atoms with van der Waals surface area (Å²) in [6.45, 7) is 0. The largest absolute Gasteiger partial charge is 0.378 e. The maximum Gasteiger partial charge on any atom is 0.273 e. The normalized spacial score (nSPS) is 11.6. The van der Waals surface area contributed by atoms with E-state index >= 15 is 0 Å². The predicted molar refractivity (Wildman–Crippen MR) is 121 cm³/mol. The summed E-state index contributed by atoms with van der Waals surface area (Å²) in [6, 6.07) is 17.8. The minimum atomic E-state index is -0.333. The molecule has 4 aromatic rings. The number of halogens is 1. The molecule has 0 aliphatic rings. The fourth-order valence-corrected chi connectivity index (χ4v) is 4.36. The van der Waals surface area contributed by atoms with Gasteiger partial charge in [-0.15, -0.1) is 11.3 Å². The average Bonchev–Trinajstić information content (AvgIpc) is 3.26. The summed E-state index contributed by atoms with van der Waals surface area (Å²) in [7, 11) is 3.92. The first-order valence-corrected chi connectivity index (χ1v) is 10.3. The maximum absolute atomic E-state index is 13.1. The third-order valence-corrected chi connectivity index (χ3v) is 6.10. The highest BCUT2D eigenvalue weighted by molar-refractivity contribution is 7.15. The van der Waals surface area contributed by atoms with Crippen LogP contribution in [0.3, 0.4) is 0 Å². The number of benzene rings is 2. The van der Waals surface area contributed by atoms with Gasteiger partial charge in [-0.25, -0.2) is 0 Å². The van der Waals surface area contributed by atoms with E-state index in [0.717, 1.165) is 11.3 Å². The van der Waals surface area contributed by atoms with Gasteiger partial charge in [-0.2, -0.15) is 5.26 Å². The number of anilines is 1. The topological polar surface area (TPSA) is 65.6 Å². The molecule has 5 nitrogen and oxygen atoms in total. The summed E-state index contributed by atoms with van der Waals surface area (Å²) in [5.41, 5.74) is 2.48. The number of hydrogen-bond donors (Lipinski definition) is 0. The molecule has 2 aromatic heterocycles. The molecule has 0 radical (unpaired) electrons. The molecule has 0 amide bonds. The zero-order valence-electron chi connectivity index (χ0n) is 16.2. The van der Waals surface area contributed by atoms with Crippen molar-refractivity contribution in [1.29, 1.82) is 5.26 Å². The van der Waals surface area contributed by atoms with Gasteiger partial charge in [0.1, 0.15) is 10.9 Å². The molecule has 7 heteroatoms. The number of rotatable bonds is 4. The van der Waals surface area contributed by atoms with E-state index in [1.54, 1.807) is 30.3 Å². The van der Waals surface area contributed by atoms with E-state index in [1.165, 1.54) is 21.8 Å². The molecule has 2 heterocycles. The molecule has 0 atom stereocenters. The minimum Gasteiger partial charge on any atom is -0.378 e. The first-order valence-electron chi connectivity index (χ1n) is 9.07. The van der Waals surface area contributed by atoms with Crippen LogP contribution in [0, 0.1) is 11.3 Å². The van der Waals surface area contributed by atoms with Gasteiger partial charge in [-0.1, -0.05) is 23.7 Å². The van der Waals surface area contributed by atoms with Gasteiger partial charge < -0.3 is 4.90 Å². The molecule has 0 saturated heterocycles. The Hall–Kier alpha value is -3.40. The van der Waals surface area contributed by atoms with E-state index in [9.17, 15) is 14.9 Å². The Labute approximate surface area is 181 Å². The fourth-order valence-electron chi connectivity index (χ4n) is 3.16. The van der Waals surface area contributed by atoms with E-state index < -0.39 is 0 Å². The van der Waals surface area contributed by atoms with Crippen LogP contribution in [0.15, 0.2) is 59.4 Å². The molecular formula is C23H16ClN3O2S. The molecule has 0 aliphatic heterocycles.